The van der Waals surface area contributed by atoms with E-state index in [1.165, 1.54) is 18.9 Å². The van der Waals surface area contributed by atoms with E-state index in [1.807, 2.05) is 6.07 Å². The van der Waals surface area contributed by atoms with Crippen LogP contribution in [0.15, 0.2) is 24.3 Å². The molecule has 1 atom stereocenters. The summed E-state index contributed by atoms with van der Waals surface area (Å²) >= 11 is 0. The average molecular weight is 293 g/mol. The fourth-order valence-electron chi connectivity index (χ4n) is 3.52. The van der Waals surface area contributed by atoms with Gasteiger partial charge in [-0.1, -0.05) is 31.9 Å². The monoisotopic (exact) mass is 293 g/mol. The third-order valence-electron chi connectivity index (χ3n) is 4.49. The van der Waals surface area contributed by atoms with Crippen LogP contribution in [0.1, 0.15) is 51.5 Å². The minimum Gasteiger partial charge on any atom is -0.374 e. The molecule has 118 valence electrons. The summed E-state index contributed by atoms with van der Waals surface area (Å²) in [5.74, 6) is -0.154. The molecule has 1 unspecified atom stereocenters. The van der Waals surface area contributed by atoms with Crippen molar-refractivity contribution in [2.45, 2.75) is 64.0 Å². The maximum Gasteiger partial charge on any atom is 0.123 e. The van der Waals surface area contributed by atoms with Crippen molar-refractivity contribution in [2.75, 3.05) is 13.2 Å². The summed E-state index contributed by atoms with van der Waals surface area (Å²) in [7, 11) is 0. The van der Waals surface area contributed by atoms with Crippen molar-refractivity contribution < 1.29 is 9.13 Å². The SMILES string of the molecule is CCCNC(Cc1cccc(F)c1)C1(OCC)CCCC1. The molecule has 21 heavy (non-hydrogen) atoms. The number of rotatable bonds is 8. The van der Waals surface area contributed by atoms with Crippen LogP contribution in [0.4, 0.5) is 4.39 Å². The largest absolute Gasteiger partial charge is 0.374 e. The molecule has 1 fully saturated rings. The second kappa shape index (κ2) is 7.90. The van der Waals surface area contributed by atoms with Crippen LogP contribution in [-0.2, 0) is 11.2 Å². The number of hydrogen-bond acceptors (Lipinski definition) is 2. The highest BCUT2D eigenvalue weighted by Gasteiger charge is 2.41. The van der Waals surface area contributed by atoms with Crippen LogP contribution < -0.4 is 5.32 Å². The lowest BCUT2D eigenvalue weighted by Gasteiger charge is -2.38. The Morgan fingerprint density at radius 1 is 1.29 bits per heavy atom. The van der Waals surface area contributed by atoms with Gasteiger partial charge in [-0.3, -0.25) is 0 Å². The third-order valence-corrected chi connectivity index (χ3v) is 4.49. The zero-order chi connectivity index (χ0) is 15.1. The zero-order valence-corrected chi connectivity index (χ0v) is 13.3. The first-order chi connectivity index (χ1) is 10.2. The average Bonchev–Trinajstić information content (AvgIpc) is 2.93. The van der Waals surface area contributed by atoms with Gasteiger partial charge in [-0.25, -0.2) is 4.39 Å². The van der Waals surface area contributed by atoms with E-state index in [1.54, 1.807) is 12.1 Å². The summed E-state index contributed by atoms with van der Waals surface area (Å²) in [6.45, 7) is 5.97. The van der Waals surface area contributed by atoms with E-state index in [9.17, 15) is 4.39 Å². The topological polar surface area (TPSA) is 21.3 Å². The molecule has 2 nitrogen and oxygen atoms in total. The van der Waals surface area contributed by atoms with E-state index >= 15 is 0 Å². The molecule has 1 aromatic rings. The van der Waals surface area contributed by atoms with Crippen LogP contribution in [-0.4, -0.2) is 24.8 Å². The lowest BCUT2D eigenvalue weighted by atomic mass is 9.87. The van der Waals surface area contributed by atoms with Crippen LogP contribution in [0, 0.1) is 5.82 Å². The smallest absolute Gasteiger partial charge is 0.123 e. The first-order valence-corrected chi connectivity index (χ1v) is 8.32. The molecule has 0 saturated heterocycles. The van der Waals surface area contributed by atoms with Crippen molar-refractivity contribution >= 4 is 0 Å². The van der Waals surface area contributed by atoms with Gasteiger partial charge in [0.25, 0.3) is 0 Å². The van der Waals surface area contributed by atoms with E-state index in [0.717, 1.165) is 44.4 Å². The summed E-state index contributed by atoms with van der Waals surface area (Å²) in [4.78, 5) is 0. The van der Waals surface area contributed by atoms with E-state index in [0.29, 0.717) is 0 Å². The van der Waals surface area contributed by atoms with Crippen LogP contribution >= 0.6 is 0 Å². The summed E-state index contributed by atoms with van der Waals surface area (Å²) < 4.78 is 19.6. The Hall–Kier alpha value is -0.930. The molecule has 2 rings (SSSR count). The number of halogens is 1. The Morgan fingerprint density at radius 3 is 2.67 bits per heavy atom. The van der Waals surface area contributed by atoms with Crippen molar-refractivity contribution in [3.8, 4) is 0 Å². The second-order valence-corrected chi connectivity index (χ2v) is 6.05. The van der Waals surface area contributed by atoms with Crippen LogP contribution in [0.3, 0.4) is 0 Å². The number of benzene rings is 1. The molecule has 0 radical (unpaired) electrons. The second-order valence-electron chi connectivity index (χ2n) is 6.05. The highest BCUT2D eigenvalue weighted by molar-refractivity contribution is 5.19. The van der Waals surface area contributed by atoms with E-state index in [4.69, 9.17) is 4.74 Å². The van der Waals surface area contributed by atoms with Gasteiger partial charge in [0.2, 0.25) is 0 Å². The fraction of sp³-hybridized carbons (Fsp3) is 0.667. The first-order valence-electron chi connectivity index (χ1n) is 8.32. The van der Waals surface area contributed by atoms with Gasteiger partial charge in [-0.2, -0.15) is 0 Å². The lowest BCUT2D eigenvalue weighted by Crippen LogP contribution is -2.52. The van der Waals surface area contributed by atoms with Gasteiger partial charge in [0.1, 0.15) is 5.82 Å². The van der Waals surface area contributed by atoms with Crippen LogP contribution in [0.2, 0.25) is 0 Å². The Balaban J connectivity index is 2.16. The van der Waals surface area contributed by atoms with Gasteiger partial charge in [-0.05, 0) is 56.8 Å². The molecule has 0 aliphatic heterocycles. The number of nitrogens with one attached hydrogen (secondary N) is 1. The summed E-state index contributed by atoms with van der Waals surface area (Å²) in [5.41, 5.74) is 0.977. The van der Waals surface area contributed by atoms with Gasteiger partial charge in [0.05, 0.1) is 5.60 Å². The predicted molar refractivity (Wildman–Crippen MR) is 85.0 cm³/mol. The molecule has 0 aromatic heterocycles. The van der Waals surface area contributed by atoms with Gasteiger partial charge < -0.3 is 10.1 Å². The zero-order valence-electron chi connectivity index (χ0n) is 13.3. The van der Waals surface area contributed by atoms with Gasteiger partial charge in [-0.15, -0.1) is 0 Å². The number of ether oxygens (including phenoxy) is 1. The number of hydrogen-bond donors (Lipinski definition) is 1. The first kappa shape index (κ1) is 16.4. The quantitative estimate of drug-likeness (QED) is 0.779. The summed E-state index contributed by atoms with van der Waals surface area (Å²) in [5, 5.41) is 3.66. The normalized spacial score (nSPS) is 18.8. The minimum atomic E-state index is -0.154. The van der Waals surface area contributed by atoms with E-state index in [-0.39, 0.29) is 17.5 Å². The molecular weight excluding hydrogens is 265 g/mol. The lowest BCUT2D eigenvalue weighted by molar-refractivity contribution is -0.0612. The maximum atomic E-state index is 13.4. The Labute approximate surface area is 128 Å². The molecule has 0 amide bonds. The Kier molecular flexibility index (Phi) is 6.19. The van der Waals surface area contributed by atoms with Gasteiger partial charge >= 0.3 is 0 Å². The molecule has 1 aliphatic carbocycles. The highest BCUT2D eigenvalue weighted by atomic mass is 19.1. The molecule has 1 saturated carbocycles. The molecular formula is C18H28FNO. The Bertz CT molecular complexity index is 429. The standard InChI is InChI=1S/C18H28FNO/c1-3-12-20-17(14-15-8-7-9-16(19)13-15)18(21-4-2)10-5-6-11-18/h7-9,13,17,20H,3-6,10-12,14H2,1-2H3. The minimum absolute atomic E-state index is 0.0732. The molecule has 1 aliphatic rings. The predicted octanol–water partition coefficient (Wildman–Crippen LogP) is 4.09. The van der Waals surface area contributed by atoms with Crippen LogP contribution in [0.5, 0.6) is 0 Å². The van der Waals surface area contributed by atoms with E-state index < -0.39 is 0 Å². The molecule has 0 heterocycles. The van der Waals surface area contributed by atoms with E-state index in [2.05, 4.69) is 19.2 Å². The van der Waals surface area contributed by atoms with Gasteiger partial charge in [0, 0.05) is 12.6 Å². The molecule has 1 aromatic carbocycles. The van der Waals surface area contributed by atoms with Crippen molar-refractivity contribution in [2.24, 2.45) is 0 Å². The van der Waals surface area contributed by atoms with Crippen molar-refractivity contribution in [3.63, 3.8) is 0 Å². The molecule has 1 N–H and O–H groups in total. The molecule has 0 bridgehead atoms. The van der Waals surface area contributed by atoms with Crippen molar-refractivity contribution in [1.29, 1.82) is 0 Å². The summed E-state index contributed by atoms with van der Waals surface area (Å²) in [6, 6.07) is 7.23. The van der Waals surface area contributed by atoms with Crippen molar-refractivity contribution in [1.82, 2.24) is 5.32 Å². The summed E-state index contributed by atoms with van der Waals surface area (Å²) in [6.07, 6.45) is 6.61. The van der Waals surface area contributed by atoms with Crippen LogP contribution in [0.25, 0.3) is 0 Å². The molecule has 3 heteroatoms. The van der Waals surface area contributed by atoms with Gasteiger partial charge in [0.15, 0.2) is 0 Å². The third kappa shape index (κ3) is 4.27. The molecule has 0 spiro atoms. The Morgan fingerprint density at radius 2 is 2.05 bits per heavy atom. The maximum absolute atomic E-state index is 13.4. The van der Waals surface area contributed by atoms with Crippen molar-refractivity contribution in [3.05, 3.63) is 35.6 Å². The highest BCUT2D eigenvalue weighted by Crippen LogP contribution is 2.37. The fourth-order valence-corrected chi connectivity index (χ4v) is 3.52.